The number of halogens is 3. The number of hydrogen-bond acceptors (Lipinski definition) is 8. The molecule has 0 aliphatic carbocycles. The van der Waals surface area contributed by atoms with Gasteiger partial charge in [-0.05, 0) is 17.7 Å². The standard InChI is InChI=1S/C14H22N2O3.C2HF3O2.C2H2O4/c1-17-12-8-11(9-13(18-2)14(12)19-3)10-16-6-4-15-5-7-16;3-2(4,5)1(6)7;3-1(4)2(5)6/h8-9,15H,4-7,10H2,1-3H3;(H,6,7);(H,3,4)(H,5,6). The van der Waals surface area contributed by atoms with Gasteiger partial charge in [0.25, 0.3) is 0 Å². The number of nitrogens with zero attached hydrogens (tertiary/aromatic N) is 1. The Balaban J connectivity index is 0.000000611. The zero-order valence-corrected chi connectivity index (χ0v) is 17.6. The Bertz CT molecular complexity index is 730. The van der Waals surface area contributed by atoms with Crippen LogP contribution >= 0.6 is 0 Å². The molecular weight excluding hydrogens is 445 g/mol. The van der Waals surface area contributed by atoms with Crippen molar-refractivity contribution in [1.82, 2.24) is 10.2 Å². The number of nitrogens with one attached hydrogen (secondary N) is 1. The molecule has 32 heavy (non-hydrogen) atoms. The summed E-state index contributed by atoms with van der Waals surface area (Å²) in [7, 11) is 4.91. The second-order valence-electron chi connectivity index (χ2n) is 5.97. The number of carboxylic acids is 3. The summed E-state index contributed by atoms with van der Waals surface area (Å²) in [4.78, 5) is 29.5. The number of alkyl halides is 3. The fourth-order valence-corrected chi connectivity index (χ4v) is 2.35. The fourth-order valence-electron chi connectivity index (χ4n) is 2.35. The Labute approximate surface area is 181 Å². The predicted octanol–water partition coefficient (Wildman–Crippen LogP) is 0.907. The van der Waals surface area contributed by atoms with E-state index < -0.39 is 24.1 Å². The number of hydrogen-bond donors (Lipinski definition) is 4. The lowest BCUT2D eigenvalue weighted by Gasteiger charge is -2.27. The van der Waals surface area contributed by atoms with Gasteiger partial charge in [0.15, 0.2) is 11.5 Å². The molecule has 0 aromatic heterocycles. The third-order valence-corrected chi connectivity index (χ3v) is 3.77. The Kier molecular flexibility index (Phi) is 12.5. The van der Waals surface area contributed by atoms with Gasteiger partial charge in [0.1, 0.15) is 0 Å². The average Bonchev–Trinajstić information content (AvgIpc) is 2.73. The van der Waals surface area contributed by atoms with E-state index in [1.807, 2.05) is 12.1 Å². The normalized spacial score (nSPS) is 13.4. The van der Waals surface area contributed by atoms with Gasteiger partial charge >= 0.3 is 24.1 Å². The minimum absolute atomic E-state index is 0.647. The van der Waals surface area contributed by atoms with Crippen LogP contribution in [0.25, 0.3) is 0 Å². The van der Waals surface area contributed by atoms with Crippen LogP contribution in [0.1, 0.15) is 5.56 Å². The lowest BCUT2D eigenvalue weighted by Crippen LogP contribution is -2.42. The number of aliphatic carboxylic acids is 3. The van der Waals surface area contributed by atoms with E-state index >= 15 is 0 Å². The molecule has 1 saturated heterocycles. The summed E-state index contributed by atoms with van der Waals surface area (Å²) in [6, 6.07) is 4.03. The van der Waals surface area contributed by atoms with Crippen molar-refractivity contribution in [2.24, 2.45) is 0 Å². The third-order valence-electron chi connectivity index (χ3n) is 3.77. The zero-order valence-electron chi connectivity index (χ0n) is 17.6. The zero-order chi connectivity index (χ0) is 24.9. The smallest absolute Gasteiger partial charge is 0.490 e. The van der Waals surface area contributed by atoms with Gasteiger partial charge in [-0.25, -0.2) is 14.4 Å². The second-order valence-corrected chi connectivity index (χ2v) is 5.97. The largest absolute Gasteiger partial charge is 0.493 e. The average molecular weight is 470 g/mol. The summed E-state index contributed by atoms with van der Waals surface area (Å²) < 4.78 is 47.8. The minimum atomic E-state index is -5.08. The van der Waals surface area contributed by atoms with Crippen LogP contribution in [0.15, 0.2) is 12.1 Å². The van der Waals surface area contributed by atoms with Gasteiger partial charge in [-0.1, -0.05) is 0 Å². The van der Waals surface area contributed by atoms with E-state index in [9.17, 15) is 13.2 Å². The second kappa shape index (κ2) is 13.9. The lowest BCUT2D eigenvalue weighted by atomic mass is 10.1. The number of carboxylic acid groups (broad SMARTS) is 3. The van der Waals surface area contributed by atoms with Gasteiger partial charge in [0.2, 0.25) is 5.75 Å². The van der Waals surface area contributed by atoms with Crippen LogP contribution in [0, 0.1) is 0 Å². The van der Waals surface area contributed by atoms with Crippen LogP contribution in [0.2, 0.25) is 0 Å². The van der Waals surface area contributed by atoms with E-state index in [2.05, 4.69) is 10.2 Å². The van der Waals surface area contributed by atoms with E-state index in [1.54, 1.807) is 21.3 Å². The van der Waals surface area contributed by atoms with Crippen molar-refractivity contribution in [3.8, 4) is 17.2 Å². The van der Waals surface area contributed by atoms with Crippen molar-refractivity contribution in [2.45, 2.75) is 12.7 Å². The highest BCUT2D eigenvalue weighted by molar-refractivity contribution is 6.27. The predicted molar refractivity (Wildman–Crippen MR) is 103 cm³/mol. The van der Waals surface area contributed by atoms with Crippen molar-refractivity contribution in [3.05, 3.63) is 17.7 Å². The molecule has 14 heteroatoms. The number of ether oxygens (including phenoxy) is 3. The summed E-state index contributed by atoms with van der Waals surface area (Å²) in [6.45, 7) is 5.13. The van der Waals surface area contributed by atoms with Crippen LogP contribution in [0.3, 0.4) is 0 Å². The molecule has 11 nitrogen and oxygen atoms in total. The third kappa shape index (κ3) is 10.7. The summed E-state index contributed by atoms with van der Waals surface area (Å²) in [5, 5.41) is 25.3. The van der Waals surface area contributed by atoms with Crippen molar-refractivity contribution in [1.29, 1.82) is 0 Å². The first kappa shape index (κ1) is 28.7. The number of benzene rings is 1. The molecule has 182 valence electrons. The van der Waals surface area contributed by atoms with E-state index in [4.69, 9.17) is 43.9 Å². The molecule has 1 aliphatic heterocycles. The molecule has 1 fully saturated rings. The highest BCUT2D eigenvalue weighted by Gasteiger charge is 2.38. The van der Waals surface area contributed by atoms with Gasteiger partial charge in [0, 0.05) is 32.7 Å². The van der Waals surface area contributed by atoms with E-state index in [1.165, 1.54) is 5.56 Å². The molecule has 1 aromatic carbocycles. The summed E-state index contributed by atoms with van der Waals surface area (Å²) in [6.07, 6.45) is -5.08. The number of piperazine rings is 1. The molecule has 0 atom stereocenters. The highest BCUT2D eigenvalue weighted by Crippen LogP contribution is 2.38. The van der Waals surface area contributed by atoms with Crippen LogP contribution < -0.4 is 19.5 Å². The molecule has 4 N–H and O–H groups in total. The monoisotopic (exact) mass is 470 g/mol. The van der Waals surface area contributed by atoms with Crippen molar-refractivity contribution in [3.63, 3.8) is 0 Å². The minimum Gasteiger partial charge on any atom is -0.493 e. The van der Waals surface area contributed by atoms with Crippen LogP contribution in [-0.2, 0) is 20.9 Å². The Morgan fingerprint density at radius 1 is 0.938 bits per heavy atom. The highest BCUT2D eigenvalue weighted by atomic mass is 19.4. The van der Waals surface area contributed by atoms with E-state index in [0.717, 1.165) is 32.7 Å². The molecule has 0 spiro atoms. The van der Waals surface area contributed by atoms with Crippen LogP contribution in [-0.4, -0.2) is 91.8 Å². The van der Waals surface area contributed by atoms with Gasteiger partial charge in [-0.3, -0.25) is 4.90 Å². The molecule has 2 rings (SSSR count). The molecule has 0 amide bonds. The molecule has 0 bridgehead atoms. The molecule has 1 aliphatic rings. The van der Waals surface area contributed by atoms with Gasteiger partial charge < -0.3 is 34.8 Å². The van der Waals surface area contributed by atoms with Gasteiger partial charge in [-0.2, -0.15) is 13.2 Å². The van der Waals surface area contributed by atoms with Crippen molar-refractivity contribution in [2.75, 3.05) is 47.5 Å². The van der Waals surface area contributed by atoms with Gasteiger partial charge in [0.05, 0.1) is 21.3 Å². The molecule has 0 radical (unpaired) electrons. The number of methoxy groups -OCH3 is 3. The summed E-state index contributed by atoms with van der Waals surface area (Å²) >= 11 is 0. The topological polar surface area (TPSA) is 155 Å². The van der Waals surface area contributed by atoms with Gasteiger partial charge in [-0.15, -0.1) is 0 Å². The lowest BCUT2D eigenvalue weighted by molar-refractivity contribution is -0.192. The molecule has 0 saturated carbocycles. The Morgan fingerprint density at radius 3 is 1.62 bits per heavy atom. The molecule has 1 heterocycles. The quantitative estimate of drug-likeness (QED) is 0.454. The summed E-state index contributed by atoms with van der Waals surface area (Å²) in [5.74, 6) is -4.33. The van der Waals surface area contributed by atoms with Crippen LogP contribution in [0.5, 0.6) is 17.2 Å². The first-order valence-electron chi connectivity index (χ1n) is 8.85. The Hall–Kier alpha value is -3.26. The first-order valence-corrected chi connectivity index (χ1v) is 8.85. The van der Waals surface area contributed by atoms with Crippen molar-refractivity contribution < 1.29 is 57.1 Å². The maximum Gasteiger partial charge on any atom is 0.490 e. The maximum absolute atomic E-state index is 10.6. The summed E-state index contributed by atoms with van der Waals surface area (Å²) in [5.41, 5.74) is 1.18. The van der Waals surface area contributed by atoms with Crippen LogP contribution in [0.4, 0.5) is 13.2 Å². The first-order chi connectivity index (χ1) is 14.9. The number of rotatable bonds is 5. The number of carbonyl (C=O) groups is 3. The Morgan fingerprint density at radius 2 is 1.34 bits per heavy atom. The van der Waals surface area contributed by atoms with E-state index in [0.29, 0.717) is 17.2 Å². The molecule has 1 aromatic rings. The molecule has 0 unspecified atom stereocenters. The fraction of sp³-hybridized carbons (Fsp3) is 0.500. The SMILES string of the molecule is COc1cc(CN2CCNCC2)cc(OC)c1OC.O=C(O)C(=O)O.O=C(O)C(F)(F)F. The van der Waals surface area contributed by atoms with E-state index in [-0.39, 0.29) is 0 Å². The molecular formula is C18H25F3N2O9. The van der Waals surface area contributed by atoms with Crippen molar-refractivity contribution >= 4 is 17.9 Å². The maximum atomic E-state index is 10.6.